The van der Waals surface area contributed by atoms with Crippen LogP contribution in [0.5, 0.6) is 0 Å². The van der Waals surface area contributed by atoms with Crippen molar-refractivity contribution < 1.29 is 14.0 Å². The molecule has 0 spiro atoms. The topological polar surface area (TPSA) is 83.7 Å². The molecule has 4 heterocycles. The number of aromatic nitrogens is 4. The summed E-state index contributed by atoms with van der Waals surface area (Å²) in [5, 5.41) is 4.63. The van der Waals surface area contributed by atoms with Gasteiger partial charge < -0.3 is 9.80 Å². The Morgan fingerprint density at radius 3 is 2.53 bits per heavy atom. The first-order chi connectivity index (χ1) is 17.4. The highest BCUT2D eigenvalue weighted by Crippen LogP contribution is 2.22. The third-order valence-corrected chi connectivity index (χ3v) is 6.58. The molecular formula is C27H27FN6O2. The summed E-state index contributed by atoms with van der Waals surface area (Å²) in [5.74, 6) is -0.447. The van der Waals surface area contributed by atoms with Gasteiger partial charge in [0.2, 0.25) is 5.91 Å². The summed E-state index contributed by atoms with van der Waals surface area (Å²) in [5.41, 5.74) is 4.29. The maximum atomic E-state index is 13.4. The van der Waals surface area contributed by atoms with E-state index in [1.54, 1.807) is 40.1 Å². The van der Waals surface area contributed by atoms with Crippen LogP contribution in [0.4, 0.5) is 4.39 Å². The number of carbonyl (C=O) groups is 2. The van der Waals surface area contributed by atoms with Gasteiger partial charge in [0, 0.05) is 43.6 Å². The van der Waals surface area contributed by atoms with Gasteiger partial charge in [-0.2, -0.15) is 5.10 Å². The number of imidazole rings is 1. The van der Waals surface area contributed by atoms with E-state index >= 15 is 0 Å². The van der Waals surface area contributed by atoms with Crippen molar-refractivity contribution in [3.05, 3.63) is 83.7 Å². The normalized spacial score (nSPS) is 15.9. The molecule has 8 nitrogen and oxygen atoms in total. The second-order valence-electron chi connectivity index (χ2n) is 9.03. The van der Waals surface area contributed by atoms with Crippen molar-refractivity contribution in [3.8, 4) is 11.3 Å². The quantitative estimate of drug-likeness (QED) is 0.432. The minimum absolute atomic E-state index is 0.0404. The van der Waals surface area contributed by atoms with Crippen LogP contribution in [0.15, 0.2) is 61.1 Å². The zero-order chi connectivity index (χ0) is 25.2. The molecule has 1 atom stereocenters. The van der Waals surface area contributed by atoms with Gasteiger partial charge in [-0.3, -0.25) is 14.6 Å². The molecule has 1 fully saturated rings. The van der Waals surface area contributed by atoms with E-state index in [2.05, 4.69) is 15.1 Å². The Kier molecular flexibility index (Phi) is 6.45. The highest BCUT2D eigenvalue weighted by molar-refractivity contribution is 5.93. The third-order valence-electron chi connectivity index (χ3n) is 6.58. The Bertz CT molecular complexity index is 1400. The Morgan fingerprint density at radius 1 is 1.08 bits per heavy atom. The molecule has 1 aliphatic heterocycles. The maximum absolute atomic E-state index is 13.4. The molecule has 3 aromatic heterocycles. The van der Waals surface area contributed by atoms with Crippen molar-refractivity contribution in [3.63, 3.8) is 0 Å². The van der Waals surface area contributed by atoms with Crippen LogP contribution in [0, 0.1) is 5.82 Å². The molecule has 0 radical (unpaired) electrons. The fourth-order valence-corrected chi connectivity index (χ4v) is 4.62. The van der Waals surface area contributed by atoms with E-state index in [4.69, 9.17) is 0 Å². The summed E-state index contributed by atoms with van der Waals surface area (Å²) in [6, 6.07) is 11.7. The molecular weight excluding hydrogens is 459 g/mol. The van der Waals surface area contributed by atoms with Gasteiger partial charge >= 0.3 is 0 Å². The van der Waals surface area contributed by atoms with Crippen LogP contribution < -0.4 is 0 Å². The number of aryl methyl sites for hydroxylation is 1. The summed E-state index contributed by atoms with van der Waals surface area (Å²) >= 11 is 0. The molecule has 1 aromatic carbocycles. The van der Waals surface area contributed by atoms with Crippen molar-refractivity contribution in [1.82, 2.24) is 29.4 Å². The largest absolute Gasteiger partial charge is 0.336 e. The highest BCUT2D eigenvalue weighted by Gasteiger charge is 2.31. The number of amides is 2. The molecule has 9 heteroatoms. The van der Waals surface area contributed by atoms with Crippen LogP contribution in [0.1, 0.15) is 35.5 Å². The average molecular weight is 487 g/mol. The Labute approximate surface area is 208 Å². The number of nitrogens with zero attached hydrogens (tertiary/aromatic N) is 6. The SMILES string of the molecule is CCc1cc(-c2ccc(F)cc2)nn2cc(C(=O)N3CCN(C(=O)Cc4ccncc4)C(C)C3)nc12. The first-order valence-corrected chi connectivity index (χ1v) is 12.1. The van der Waals surface area contributed by atoms with E-state index < -0.39 is 0 Å². The molecule has 0 aliphatic carbocycles. The smallest absolute Gasteiger partial charge is 0.274 e. The van der Waals surface area contributed by atoms with Crippen LogP contribution in [0.25, 0.3) is 16.9 Å². The van der Waals surface area contributed by atoms with Crippen LogP contribution >= 0.6 is 0 Å². The summed E-state index contributed by atoms with van der Waals surface area (Å²) in [4.78, 5) is 38.4. The predicted molar refractivity (Wildman–Crippen MR) is 133 cm³/mol. The second-order valence-corrected chi connectivity index (χ2v) is 9.03. The van der Waals surface area contributed by atoms with Gasteiger partial charge in [0.15, 0.2) is 5.65 Å². The van der Waals surface area contributed by atoms with Crippen LogP contribution in [-0.4, -0.2) is 66.9 Å². The van der Waals surface area contributed by atoms with E-state index in [-0.39, 0.29) is 23.7 Å². The van der Waals surface area contributed by atoms with Crippen LogP contribution in [0.3, 0.4) is 0 Å². The number of hydrogen-bond acceptors (Lipinski definition) is 5. The van der Waals surface area contributed by atoms with E-state index in [1.807, 2.05) is 36.9 Å². The molecule has 1 aliphatic rings. The molecule has 36 heavy (non-hydrogen) atoms. The monoisotopic (exact) mass is 486 g/mol. The fraction of sp³-hybridized carbons (Fsp3) is 0.296. The van der Waals surface area contributed by atoms with Crippen LogP contribution in [-0.2, 0) is 17.6 Å². The van der Waals surface area contributed by atoms with Gasteiger partial charge in [0.05, 0.1) is 18.3 Å². The van der Waals surface area contributed by atoms with Gasteiger partial charge in [-0.1, -0.05) is 6.92 Å². The van der Waals surface area contributed by atoms with E-state index in [1.165, 1.54) is 12.1 Å². The summed E-state index contributed by atoms with van der Waals surface area (Å²) in [6.45, 7) is 5.32. The van der Waals surface area contributed by atoms with Gasteiger partial charge in [-0.15, -0.1) is 0 Å². The Balaban J connectivity index is 1.33. The lowest BCUT2D eigenvalue weighted by Crippen LogP contribution is -2.55. The minimum Gasteiger partial charge on any atom is -0.336 e. The lowest BCUT2D eigenvalue weighted by Gasteiger charge is -2.39. The molecule has 0 saturated carbocycles. The predicted octanol–water partition coefficient (Wildman–Crippen LogP) is 3.41. The van der Waals surface area contributed by atoms with E-state index in [0.717, 1.165) is 16.7 Å². The number of carbonyl (C=O) groups excluding carboxylic acids is 2. The molecule has 1 unspecified atom stereocenters. The molecule has 5 rings (SSSR count). The van der Waals surface area contributed by atoms with Gasteiger partial charge in [0.25, 0.3) is 5.91 Å². The Morgan fingerprint density at radius 2 is 1.83 bits per heavy atom. The van der Waals surface area contributed by atoms with Gasteiger partial charge in [0.1, 0.15) is 11.5 Å². The molecule has 0 N–H and O–H groups in total. The maximum Gasteiger partial charge on any atom is 0.274 e. The number of rotatable bonds is 5. The molecule has 1 saturated heterocycles. The van der Waals surface area contributed by atoms with Crippen molar-refractivity contribution in [2.75, 3.05) is 19.6 Å². The summed E-state index contributed by atoms with van der Waals surface area (Å²) in [6.07, 6.45) is 6.03. The number of benzene rings is 1. The molecule has 2 amide bonds. The zero-order valence-corrected chi connectivity index (χ0v) is 20.3. The standard InChI is InChI=1S/C27H27FN6O2/c1-3-20-15-23(21-4-6-22(28)7-5-21)31-34-17-24(30-26(20)34)27(36)32-12-13-33(18(2)16-32)25(35)14-19-8-10-29-11-9-19/h4-11,15,17-18H,3,12-14,16H2,1-2H3. The van der Waals surface area contributed by atoms with E-state index in [9.17, 15) is 14.0 Å². The van der Waals surface area contributed by atoms with Gasteiger partial charge in [-0.05, 0) is 66.9 Å². The van der Waals surface area contributed by atoms with Crippen molar-refractivity contribution >= 4 is 17.5 Å². The van der Waals surface area contributed by atoms with Crippen molar-refractivity contribution in [2.45, 2.75) is 32.7 Å². The fourth-order valence-electron chi connectivity index (χ4n) is 4.62. The van der Waals surface area contributed by atoms with Crippen LogP contribution in [0.2, 0.25) is 0 Å². The van der Waals surface area contributed by atoms with Gasteiger partial charge in [-0.25, -0.2) is 13.9 Å². The summed E-state index contributed by atoms with van der Waals surface area (Å²) in [7, 11) is 0. The average Bonchev–Trinajstić information content (AvgIpc) is 3.33. The number of piperazine rings is 1. The molecule has 0 bridgehead atoms. The second kappa shape index (κ2) is 9.85. The number of pyridine rings is 1. The van der Waals surface area contributed by atoms with E-state index in [0.29, 0.717) is 49.5 Å². The number of hydrogen-bond donors (Lipinski definition) is 0. The molecule has 4 aromatic rings. The third kappa shape index (κ3) is 4.68. The van der Waals surface area contributed by atoms with Crippen molar-refractivity contribution in [2.24, 2.45) is 0 Å². The zero-order valence-electron chi connectivity index (χ0n) is 20.3. The minimum atomic E-state index is -0.306. The Hall–Kier alpha value is -4.14. The lowest BCUT2D eigenvalue weighted by molar-refractivity contribution is -0.134. The van der Waals surface area contributed by atoms with Crippen molar-refractivity contribution in [1.29, 1.82) is 0 Å². The lowest BCUT2D eigenvalue weighted by atomic mass is 10.1. The summed E-state index contributed by atoms with van der Waals surface area (Å²) < 4.78 is 15.0. The highest BCUT2D eigenvalue weighted by atomic mass is 19.1. The number of fused-ring (bicyclic) bond motifs is 1. The number of halogens is 1. The first-order valence-electron chi connectivity index (χ1n) is 12.1. The molecule has 184 valence electrons. The first kappa shape index (κ1) is 23.6.